The Morgan fingerprint density at radius 1 is 0.875 bits per heavy atom. The standard InChI is InChI=1S/C26H25N5O/c32-26-24-22(23(29-30-24)17-7-2-1-3-8-17)25(19-9-6-13-27-15-19)31(26)14-12-18-16-28-21-11-5-4-10-20(18)21/h1-11,13,15-16,22-25,28-30H,12,14H2. The number of carbonyl (C=O) groups excluding carboxylic acids is 1. The minimum Gasteiger partial charge on any atom is -0.361 e. The lowest BCUT2D eigenvalue weighted by atomic mass is 9.84. The lowest BCUT2D eigenvalue weighted by molar-refractivity contribution is -0.130. The minimum absolute atomic E-state index is 0.0425. The molecule has 4 aromatic rings. The van der Waals surface area contributed by atoms with Gasteiger partial charge in [-0.2, -0.15) is 0 Å². The second-order valence-electron chi connectivity index (χ2n) is 8.60. The Bertz CT molecular complexity index is 1240. The van der Waals surface area contributed by atoms with Gasteiger partial charge in [-0.15, -0.1) is 0 Å². The van der Waals surface area contributed by atoms with Gasteiger partial charge in [-0.1, -0.05) is 54.6 Å². The van der Waals surface area contributed by atoms with Crippen molar-refractivity contribution in [3.8, 4) is 0 Å². The van der Waals surface area contributed by atoms with Gasteiger partial charge >= 0.3 is 0 Å². The van der Waals surface area contributed by atoms with Crippen molar-refractivity contribution in [3.63, 3.8) is 0 Å². The van der Waals surface area contributed by atoms with Crippen molar-refractivity contribution in [1.82, 2.24) is 25.7 Å². The van der Waals surface area contributed by atoms with Crippen LogP contribution >= 0.6 is 0 Å². The molecular formula is C26H25N5O. The third-order valence-electron chi connectivity index (χ3n) is 6.90. The summed E-state index contributed by atoms with van der Waals surface area (Å²) in [6.45, 7) is 0.663. The first-order chi connectivity index (χ1) is 15.8. The summed E-state index contributed by atoms with van der Waals surface area (Å²) in [4.78, 5) is 23.3. The maximum absolute atomic E-state index is 13.6. The Kier molecular flexibility index (Phi) is 4.74. The van der Waals surface area contributed by atoms with Gasteiger partial charge in [0.05, 0.1) is 12.1 Å². The summed E-state index contributed by atoms with van der Waals surface area (Å²) >= 11 is 0. The molecule has 1 amide bonds. The fourth-order valence-electron chi connectivity index (χ4n) is 5.43. The molecule has 0 radical (unpaired) electrons. The smallest absolute Gasteiger partial charge is 0.242 e. The lowest BCUT2D eigenvalue weighted by Gasteiger charge is -2.31. The molecule has 4 unspecified atom stereocenters. The van der Waals surface area contributed by atoms with Gasteiger partial charge in [0.15, 0.2) is 0 Å². The lowest BCUT2D eigenvalue weighted by Crippen LogP contribution is -2.42. The van der Waals surface area contributed by atoms with Crippen LogP contribution in [0.3, 0.4) is 0 Å². The van der Waals surface area contributed by atoms with E-state index in [2.05, 4.69) is 80.4 Å². The molecule has 2 aromatic heterocycles. The van der Waals surface area contributed by atoms with Crippen LogP contribution in [0, 0.1) is 5.92 Å². The number of hydrazine groups is 1. The first-order valence-electron chi connectivity index (χ1n) is 11.1. The van der Waals surface area contributed by atoms with E-state index in [1.54, 1.807) is 6.20 Å². The molecular weight excluding hydrogens is 398 g/mol. The third-order valence-corrected chi connectivity index (χ3v) is 6.90. The van der Waals surface area contributed by atoms with Crippen molar-refractivity contribution in [2.75, 3.05) is 6.54 Å². The number of H-pyrrole nitrogens is 1. The van der Waals surface area contributed by atoms with Gasteiger partial charge in [-0.3, -0.25) is 9.78 Å². The normalized spacial score (nSPS) is 24.9. The van der Waals surface area contributed by atoms with Crippen LogP contribution in [-0.4, -0.2) is 33.4 Å². The molecule has 2 aromatic carbocycles. The van der Waals surface area contributed by atoms with Gasteiger partial charge in [0.2, 0.25) is 5.91 Å². The van der Waals surface area contributed by atoms with E-state index < -0.39 is 0 Å². The fraction of sp³-hybridized carbons (Fsp3) is 0.231. The van der Waals surface area contributed by atoms with Crippen molar-refractivity contribution in [1.29, 1.82) is 0 Å². The molecule has 2 saturated heterocycles. The largest absolute Gasteiger partial charge is 0.361 e. The Hall–Kier alpha value is -3.48. The highest BCUT2D eigenvalue weighted by molar-refractivity contribution is 5.86. The van der Waals surface area contributed by atoms with Gasteiger partial charge in [0.1, 0.15) is 6.04 Å². The highest BCUT2D eigenvalue weighted by Crippen LogP contribution is 2.47. The van der Waals surface area contributed by atoms with Gasteiger partial charge in [-0.05, 0) is 35.2 Å². The van der Waals surface area contributed by atoms with Crippen LogP contribution in [0.15, 0.2) is 85.3 Å². The van der Waals surface area contributed by atoms with Crippen molar-refractivity contribution < 1.29 is 4.79 Å². The number of carbonyl (C=O) groups is 1. The second kappa shape index (κ2) is 7.89. The van der Waals surface area contributed by atoms with Gasteiger partial charge < -0.3 is 9.88 Å². The molecule has 6 rings (SSSR count). The van der Waals surface area contributed by atoms with E-state index in [-0.39, 0.29) is 30.0 Å². The van der Waals surface area contributed by atoms with Crippen molar-refractivity contribution in [2.24, 2.45) is 5.92 Å². The molecule has 4 atom stereocenters. The number of fused-ring (bicyclic) bond motifs is 2. The van der Waals surface area contributed by atoms with E-state index in [9.17, 15) is 4.79 Å². The highest BCUT2D eigenvalue weighted by Gasteiger charge is 2.55. The molecule has 6 nitrogen and oxygen atoms in total. The van der Waals surface area contributed by atoms with Crippen LogP contribution in [0.1, 0.15) is 28.8 Å². The molecule has 0 saturated carbocycles. The zero-order valence-electron chi connectivity index (χ0n) is 17.6. The number of nitrogens with zero attached hydrogens (tertiary/aromatic N) is 2. The van der Waals surface area contributed by atoms with Crippen LogP contribution in [0.5, 0.6) is 0 Å². The number of likely N-dealkylation sites (tertiary alicyclic amines) is 1. The maximum Gasteiger partial charge on any atom is 0.242 e. The van der Waals surface area contributed by atoms with Gasteiger partial charge in [-0.25, -0.2) is 10.9 Å². The minimum atomic E-state index is -0.256. The molecule has 2 aliphatic rings. The van der Waals surface area contributed by atoms with Crippen molar-refractivity contribution in [2.45, 2.75) is 24.5 Å². The van der Waals surface area contributed by atoms with E-state index >= 15 is 0 Å². The zero-order chi connectivity index (χ0) is 21.5. The van der Waals surface area contributed by atoms with E-state index in [4.69, 9.17) is 0 Å². The summed E-state index contributed by atoms with van der Waals surface area (Å²) in [5.41, 5.74) is 11.3. The van der Waals surface area contributed by atoms with Crippen LogP contribution in [0.25, 0.3) is 10.9 Å². The number of nitrogens with one attached hydrogen (secondary N) is 3. The molecule has 0 spiro atoms. The molecule has 2 aliphatic heterocycles. The molecule has 32 heavy (non-hydrogen) atoms. The number of rotatable bonds is 5. The number of para-hydroxylation sites is 1. The summed E-state index contributed by atoms with van der Waals surface area (Å²) in [5.74, 6) is 0.228. The number of aromatic nitrogens is 2. The Morgan fingerprint density at radius 2 is 1.66 bits per heavy atom. The average molecular weight is 424 g/mol. The van der Waals surface area contributed by atoms with Crippen molar-refractivity contribution in [3.05, 3.63) is 102 Å². The van der Waals surface area contributed by atoms with Gasteiger partial charge in [0.25, 0.3) is 0 Å². The monoisotopic (exact) mass is 423 g/mol. The van der Waals surface area contributed by atoms with Crippen LogP contribution in [0.4, 0.5) is 0 Å². The predicted octanol–water partition coefficient (Wildman–Crippen LogP) is 3.52. The molecule has 160 valence electrons. The van der Waals surface area contributed by atoms with E-state index in [0.29, 0.717) is 6.54 Å². The number of hydrogen-bond donors (Lipinski definition) is 3. The number of hydrogen-bond acceptors (Lipinski definition) is 4. The topological polar surface area (TPSA) is 73.1 Å². The second-order valence-corrected chi connectivity index (χ2v) is 8.60. The summed E-state index contributed by atoms with van der Waals surface area (Å²) < 4.78 is 0. The molecule has 0 bridgehead atoms. The maximum atomic E-state index is 13.6. The number of pyridine rings is 1. The summed E-state index contributed by atoms with van der Waals surface area (Å²) in [5, 5.41) is 1.22. The first-order valence-corrected chi connectivity index (χ1v) is 11.1. The van der Waals surface area contributed by atoms with Crippen LogP contribution in [-0.2, 0) is 11.2 Å². The molecule has 0 aliphatic carbocycles. The molecule has 2 fully saturated rings. The van der Waals surface area contributed by atoms with Crippen LogP contribution in [0.2, 0.25) is 0 Å². The fourth-order valence-corrected chi connectivity index (χ4v) is 5.43. The summed E-state index contributed by atoms with van der Waals surface area (Å²) in [7, 11) is 0. The molecule has 4 heterocycles. The van der Waals surface area contributed by atoms with Crippen molar-refractivity contribution >= 4 is 16.8 Å². The van der Waals surface area contributed by atoms with E-state index in [0.717, 1.165) is 17.5 Å². The van der Waals surface area contributed by atoms with E-state index in [1.165, 1.54) is 16.5 Å². The Morgan fingerprint density at radius 3 is 2.50 bits per heavy atom. The summed E-state index contributed by atoms with van der Waals surface area (Å²) in [6, 6.07) is 22.5. The highest BCUT2D eigenvalue weighted by atomic mass is 16.2. The van der Waals surface area contributed by atoms with Crippen LogP contribution < -0.4 is 10.9 Å². The quantitative estimate of drug-likeness (QED) is 0.459. The predicted molar refractivity (Wildman–Crippen MR) is 123 cm³/mol. The zero-order valence-corrected chi connectivity index (χ0v) is 17.6. The SMILES string of the molecule is O=C1C2NNC(c3ccccc3)C2C(c2cccnc2)N1CCc1c[nH]c2ccccc12. The summed E-state index contributed by atoms with van der Waals surface area (Å²) in [6.07, 6.45) is 6.56. The first kappa shape index (κ1) is 19.2. The Balaban J connectivity index is 1.34. The molecule has 3 N–H and O–H groups in total. The van der Waals surface area contributed by atoms with Gasteiger partial charge in [0, 0.05) is 42.0 Å². The number of benzene rings is 2. The Labute approximate surface area is 186 Å². The average Bonchev–Trinajstić information content (AvgIpc) is 3.53. The number of aromatic amines is 1. The number of amides is 1. The third kappa shape index (κ3) is 3.11. The van der Waals surface area contributed by atoms with E-state index in [1.807, 2.05) is 24.4 Å². The molecule has 6 heteroatoms.